The van der Waals surface area contributed by atoms with Gasteiger partial charge in [0.05, 0.1) is 0 Å². The van der Waals surface area contributed by atoms with Gasteiger partial charge in [0.1, 0.15) is 6.33 Å². The molecule has 0 unspecified atom stereocenters. The van der Waals surface area contributed by atoms with Crippen LogP contribution in [0.2, 0.25) is 0 Å². The molecule has 0 atom stereocenters. The second-order valence-electron chi connectivity index (χ2n) is 4.13. The van der Waals surface area contributed by atoms with Gasteiger partial charge >= 0.3 is 0 Å². The predicted octanol–water partition coefficient (Wildman–Crippen LogP) is 1.92. The molecule has 1 aliphatic heterocycles. The first-order valence-corrected chi connectivity index (χ1v) is 5.68. The van der Waals surface area contributed by atoms with Crippen molar-refractivity contribution in [2.75, 3.05) is 18.0 Å². The van der Waals surface area contributed by atoms with E-state index in [1.165, 1.54) is 19.3 Å². The number of aromatic nitrogens is 3. The number of hydrogen-bond acceptors (Lipinski definition) is 5. The molecule has 5 heteroatoms. The van der Waals surface area contributed by atoms with Crippen molar-refractivity contribution in [2.45, 2.75) is 26.2 Å². The van der Waals surface area contributed by atoms with Gasteiger partial charge in [-0.25, -0.2) is 9.97 Å². The van der Waals surface area contributed by atoms with Gasteiger partial charge in [0.15, 0.2) is 17.2 Å². The maximum atomic E-state index is 5.41. The van der Waals surface area contributed by atoms with Crippen molar-refractivity contribution in [3.05, 3.63) is 12.2 Å². The molecule has 1 fully saturated rings. The minimum absolute atomic E-state index is 0.591. The Bertz CT molecular complexity index is 502. The maximum Gasteiger partial charge on any atom is 0.252 e. The van der Waals surface area contributed by atoms with Crippen LogP contribution in [0.3, 0.4) is 0 Å². The highest BCUT2D eigenvalue weighted by atomic mass is 16.4. The van der Waals surface area contributed by atoms with Crippen molar-refractivity contribution >= 4 is 17.0 Å². The van der Waals surface area contributed by atoms with Crippen LogP contribution in [0, 0.1) is 6.92 Å². The molecule has 1 aliphatic rings. The molecule has 0 aliphatic carbocycles. The molecule has 3 rings (SSSR count). The van der Waals surface area contributed by atoms with Crippen molar-refractivity contribution in [2.24, 2.45) is 0 Å². The Hall–Kier alpha value is -1.65. The van der Waals surface area contributed by atoms with E-state index in [0.29, 0.717) is 11.6 Å². The number of nitrogens with zero attached hydrogens (tertiary/aromatic N) is 4. The highest BCUT2D eigenvalue weighted by molar-refractivity contribution is 5.81. The van der Waals surface area contributed by atoms with Crippen LogP contribution >= 0.6 is 0 Å². The Morgan fingerprint density at radius 2 is 2.00 bits per heavy atom. The molecule has 0 spiro atoms. The lowest BCUT2D eigenvalue weighted by Gasteiger charge is -2.27. The lowest BCUT2D eigenvalue weighted by Crippen LogP contribution is -2.30. The van der Waals surface area contributed by atoms with E-state index in [-0.39, 0.29) is 0 Å². The summed E-state index contributed by atoms with van der Waals surface area (Å²) in [6.45, 7) is 3.94. The van der Waals surface area contributed by atoms with Gasteiger partial charge < -0.3 is 9.32 Å². The van der Waals surface area contributed by atoms with Crippen molar-refractivity contribution in [1.82, 2.24) is 15.0 Å². The molecule has 3 heterocycles. The lowest BCUT2D eigenvalue weighted by molar-refractivity contribution is 0.550. The van der Waals surface area contributed by atoms with E-state index < -0.39 is 0 Å². The Kier molecular flexibility index (Phi) is 2.23. The van der Waals surface area contributed by atoms with E-state index in [2.05, 4.69) is 19.9 Å². The zero-order valence-electron chi connectivity index (χ0n) is 9.31. The van der Waals surface area contributed by atoms with Crippen LogP contribution in [0.1, 0.15) is 25.2 Å². The van der Waals surface area contributed by atoms with Crippen LogP contribution < -0.4 is 4.90 Å². The highest BCUT2D eigenvalue weighted by Gasteiger charge is 2.18. The average molecular weight is 218 g/mol. The van der Waals surface area contributed by atoms with Gasteiger partial charge in [0, 0.05) is 20.0 Å². The Morgan fingerprint density at radius 3 is 2.81 bits per heavy atom. The van der Waals surface area contributed by atoms with Gasteiger partial charge in [-0.05, 0) is 19.3 Å². The standard InChI is InChI=1S/C11H14N4O/c1-8-14-9-10(12-7-13-11(9)16-8)15-5-3-2-4-6-15/h7H,2-6H2,1H3. The summed E-state index contributed by atoms with van der Waals surface area (Å²) in [5.74, 6) is 1.57. The molecular formula is C11H14N4O. The molecule has 5 nitrogen and oxygen atoms in total. The quantitative estimate of drug-likeness (QED) is 0.731. The minimum atomic E-state index is 0.591. The summed E-state index contributed by atoms with van der Waals surface area (Å²) in [6, 6.07) is 0. The topological polar surface area (TPSA) is 55.1 Å². The van der Waals surface area contributed by atoms with Gasteiger partial charge in [0.25, 0.3) is 5.71 Å². The molecular weight excluding hydrogens is 204 g/mol. The summed E-state index contributed by atoms with van der Waals surface area (Å²) in [6.07, 6.45) is 5.31. The summed E-state index contributed by atoms with van der Waals surface area (Å²) < 4.78 is 5.41. The molecule has 0 aromatic carbocycles. The third kappa shape index (κ3) is 1.52. The van der Waals surface area contributed by atoms with E-state index in [1.807, 2.05) is 6.92 Å². The van der Waals surface area contributed by atoms with E-state index in [4.69, 9.17) is 4.42 Å². The molecule has 1 saturated heterocycles. The highest BCUT2D eigenvalue weighted by Crippen LogP contribution is 2.25. The van der Waals surface area contributed by atoms with Gasteiger partial charge in [-0.2, -0.15) is 4.98 Å². The first-order valence-electron chi connectivity index (χ1n) is 5.68. The van der Waals surface area contributed by atoms with E-state index in [1.54, 1.807) is 6.33 Å². The zero-order chi connectivity index (χ0) is 11.0. The lowest BCUT2D eigenvalue weighted by atomic mass is 10.1. The third-order valence-electron chi connectivity index (χ3n) is 2.94. The number of piperidine rings is 1. The first kappa shape index (κ1) is 9.57. The summed E-state index contributed by atoms with van der Waals surface area (Å²) in [4.78, 5) is 15.1. The number of oxazole rings is 1. The summed E-state index contributed by atoms with van der Waals surface area (Å²) in [5.41, 5.74) is 1.38. The monoisotopic (exact) mass is 218 g/mol. The van der Waals surface area contributed by atoms with Crippen molar-refractivity contribution < 1.29 is 4.42 Å². The third-order valence-corrected chi connectivity index (χ3v) is 2.94. The fraction of sp³-hybridized carbons (Fsp3) is 0.545. The fourth-order valence-corrected chi connectivity index (χ4v) is 2.18. The van der Waals surface area contributed by atoms with Crippen LogP contribution in [-0.4, -0.2) is 28.0 Å². The van der Waals surface area contributed by atoms with Gasteiger partial charge in [-0.15, -0.1) is 0 Å². The van der Waals surface area contributed by atoms with Crippen molar-refractivity contribution in [1.29, 1.82) is 0 Å². The van der Waals surface area contributed by atoms with Gasteiger partial charge in [0.2, 0.25) is 0 Å². The molecule has 0 saturated carbocycles. The molecule has 0 radical (unpaired) electrons. The number of hydrogen-bond donors (Lipinski definition) is 0. The Balaban J connectivity index is 2.07. The van der Waals surface area contributed by atoms with Gasteiger partial charge in [-0.3, -0.25) is 0 Å². The van der Waals surface area contributed by atoms with Crippen LogP contribution in [-0.2, 0) is 0 Å². The van der Waals surface area contributed by atoms with Crippen molar-refractivity contribution in [3.8, 4) is 0 Å². The SMILES string of the molecule is Cc1nc2c(N3CCCCC3)ncnc2o1. The van der Waals surface area contributed by atoms with E-state index in [9.17, 15) is 0 Å². The van der Waals surface area contributed by atoms with Crippen LogP contribution in [0.15, 0.2) is 10.7 Å². The summed E-state index contributed by atoms with van der Waals surface area (Å²) in [5, 5.41) is 0. The molecule has 16 heavy (non-hydrogen) atoms. The Labute approximate surface area is 93.5 Å². The molecule has 2 aromatic rings. The summed E-state index contributed by atoms with van der Waals surface area (Å²) in [7, 11) is 0. The van der Waals surface area contributed by atoms with Crippen LogP contribution in [0.4, 0.5) is 5.82 Å². The van der Waals surface area contributed by atoms with Crippen LogP contribution in [0.5, 0.6) is 0 Å². The average Bonchev–Trinajstić information content (AvgIpc) is 2.70. The normalized spacial score (nSPS) is 16.9. The molecule has 0 bridgehead atoms. The number of anilines is 1. The number of aryl methyl sites for hydroxylation is 1. The van der Waals surface area contributed by atoms with Gasteiger partial charge in [-0.1, -0.05) is 0 Å². The first-order chi connectivity index (χ1) is 7.84. The largest absolute Gasteiger partial charge is 0.422 e. The molecule has 0 N–H and O–H groups in total. The number of rotatable bonds is 1. The summed E-state index contributed by atoms with van der Waals surface area (Å²) >= 11 is 0. The van der Waals surface area contributed by atoms with Crippen molar-refractivity contribution in [3.63, 3.8) is 0 Å². The maximum absolute atomic E-state index is 5.41. The Morgan fingerprint density at radius 1 is 1.19 bits per heavy atom. The predicted molar refractivity (Wildman–Crippen MR) is 60.4 cm³/mol. The second kappa shape index (κ2) is 3.73. The zero-order valence-corrected chi connectivity index (χ0v) is 9.31. The smallest absolute Gasteiger partial charge is 0.252 e. The molecule has 84 valence electrons. The molecule has 2 aromatic heterocycles. The van der Waals surface area contributed by atoms with E-state index >= 15 is 0 Å². The number of fused-ring (bicyclic) bond motifs is 1. The van der Waals surface area contributed by atoms with E-state index in [0.717, 1.165) is 24.4 Å². The second-order valence-corrected chi connectivity index (χ2v) is 4.13. The minimum Gasteiger partial charge on any atom is -0.422 e. The molecule has 0 amide bonds. The fourth-order valence-electron chi connectivity index (χ4n) is 2.18. The van der Waals surface area contributed by atoms with Crippen LogP contribution in [0.25, 0.3) is 11.2 Å².